The van der Waals surface area contributed by atoms with Crippen LogP contribution in [-0.2, 0) is 0 Å². The topological polar surface area (TPSA) is 12.0 Å². The van der Waals surface area contributed by atoms with Gasteiger partial charge in [0, 0.05) is 27.5 Å². The summed E-state index contributed by atoms with van der Waals surface area (Å²) in [5, 5.41) is 6.11. The quantitative estimate of drug-likeness (QED) is 0.811. The fourth-order valence-corrected chi connectivity index (χ4v) is 5.30. The summed E-state index contributed by atoms with van der Waals surface area (Å²) < 4.78 is 0. The molecule has 1 aliphatic rings. The summed E-state index contributed by atoms with van der Waals surface area (Å²) in [5.41, 5.74) is 0. The third kappa shape index (κ3) is 4.50. The zero-order valence-electron chi connectivity index (χ0n) is 11.3. The molecular formula is C13H27NS2. The van der Waals surface area contributed by atoms with Gasteiger partial charge in [0.25, 0.3) is 0 Å². The summed E-state index contributed by atoms with van der Waals surface area (Å²) in [5.74, 6) is 2.12. The minimum absolute atomic E-state index is 0.706. The largest absolute Gasteiger partial charge is 0.313 e. The van der Waals surface area contributed by atoms with Gasteiger partial charge < -0.3 is 5.32 Å². The number of rotatable bonds is 5. The standard InChI is InChI=1S/C13H27NS2/c1-6-14-12(7-9(2)3)13-8-15-10(4)11(5)16-13/h9-14H,6-8H2,1-5H3. The molecule has 0 amide bonds. The molecule has 1 aliphatic heterocycles. The van der Waals surface area contributed by atoms with Crippen LogP contribution in [0.5, 0.6) is 0 Å². The van der Waals surface area contributed by atoms with Crippen molar-refractivity contribution in [2.24, 2.45) is 5.92 Å². The molecule has 1 rings (SSSR count). The van der Waals surface area contributed by atoms with Gasteiger partial charge in [-0.3, -0.25) is 0 Å². The lowest BCUT2D eigenvalue weighted by Gasteiger charge is -2.37. The molecule has 1 fully saturated rings. The maximum atomic E-state index is 3.68. The van der Waals surface area contributed by atoms with Crippen LogP contribution < -0.4 is 5.32 Å². The first-order valence-electron chi connectivity index (χ1n) is 6.55. The molecule has 0 spiro atoms. The summed E-state index contributed by atoms with van der Waals surface area (Å²) in [4.78, 5) is 0. The van der Waals surface area contributed by atoms with Gasteiger partial charge in [0.1, 0.15) is 0 Å². The summed E-state index contributed by atoms with van der Waals surface area (Å²) in [6.07, 6.45) is 1.31. The minimum atomic E-state index is 0.706. The van der Waals surface area contributed by atoms with Crippen molar-refractivity contribution in [3.8, 4) is 0 Å². The maximum absolute atomic E-state index is 3.68. The Morgan fingerprint density at radius 3 is 2.44 bits per heavy atom. The summed E-state index contributed by atoms with van der Waals surface area (Å²) in [7, 11) is 0. The highest BCUT2D eigenvalue weighted by molar-refractivity contribution is 8.07. The van der Waals surface area contributed by atoms with Crippen molar-refractivity contribution in [2.75, 3.05) is 12.3 Å². The van der Waals surface area contributed by atoms with Crippen molar-refractivity contribution in [3.05, 3.63) is 0 Å². The van der Waals surface area contributed by atoms with Gasteiger partial charge in [-0.1, -0.05) is 34.6 Å². The normalized spacial score (nSPS) is 33.0. The van der Waals surface area contributed by atoms with E-state index in [0.29, 0.717) is 6.04 Å². The predicted octanol–water partition coefficient (Wildman–Crippen LogP) is 3.64. The van der Waals surface area contributed by atoms with E-state index in [1.165, 1.54) is 12.2 Å². The highest BCUT2D eigenvalue weighted by Gasteiger charge is 2.30. The zero-order chi connectivity index (χ0) is 12.1. The number of hydrogen-bond donors (Lipinski definition) is 1. The summed E-state index contributed by atoms with van der Waals surface area (Å²) in [6, 6.07) is 0.706. The highest BCUT2D eigenvalue weighted by Crippen LogP contribution is 2.38. The first kappa shape index (κ1) is 14.7. The molecule has 4 unspecified atom stereocenters. The Morgan fingerprint density at radius 1 is 1.25 bits per heavy atom. The molecular weight excluding hydrogens is 234 g/mol. The third-order valence-electron chi connectivity index (χ3n) is 3.21. The molecule has 0 saturated carbocycles. The lowest BCUT2D eigenvalue weighted by Crippen LogP contribution is -2.44. The van der Waals surface area contributed by atoms with Crippen molar-refractivity contribution in [1.82, 2.24) is 5.32 Å². The van der Waals surface area contributed by atoms with Crippen LogP contribution in [0.1, 0.15) is 41.0 Å². The van der Waals surface area contributed by atoms with Gasteiger partial charge in [0.05, 0.1) is 0 Å². The molecule has 0 radical (unpaired) electrons. The van der Waals surface area contributed by atoms with E-state index in [-0.39, 0.29) is 0 Å². The van der Waals surface area contributed by atoms with Gasteiger partial charge >= 0.3 is 0 Å². The molecule has 16 heavy (non-hydrogen) atoms. The van der Waals surface area contributed by atoms with Gasteiger partial charge in [0.15, 0.2) is 0 Å². The Balaban J connectivity index is 2.50. The van der Waals surface area contributed by atoms with E-state index in [4.69, 9.17) is 0 Å². The van der Waals surface area contributed by atoms with Crippen molar-refractivity contribution in [3.63, 3.8) is 0 Å². The van der Waals surface area contributed by atoms with Gasteiger partial charge in [-0.2, -0.15) is 23.5 Å². The van der Waals surface area contributed by atoms with E-state index in [0.717, 1.165) is 28.2 Å². The molecule has 0 aromatic heterocycles. The van der Waals surface area contributed by atoms with Crippen LogP contribution in [0.15, 0.2) is 0 Å². The Labute approximate surface area is 110 Å². The fourth-order valence-electron chi connectivity index (χ4n) is 2.16. The summed E-state index contributed by atoms with van der Waals surface area (Å²) in [6.45, 7) is 12.7. The van der Waals surface area contributed by atoms with E-state index in [9.17, 15) is 0 Å². The average molecular weight is 262 g/mol. The molecule has 1 nitrogen and oxygen atoms in total. The van der Waals surface area contributed by atoms with E-state index < -0.39 is 0 Å². The Bertz CT molecular complexity index is 196. The number of thioether (sulfide) groups is 2. The molecule has 96 valence electrons. The molecule has 1 heterocycles. The molecule has 3 heteroatoms. The van der Waals surface area contributed by atoms with E-state index in [2.05, 4.69) is 63.5 Å². The van der Waals surface area contributed by atoms with Crippen molar-refractivity contribution < 1.29 is 0 Å². The first-order valence-corrected chi connectivity index (χ1v) is 8.54. The SMILES string of the molecule is CCNC(CC(C)C)C1CSC(C)C(C)S1. The van der Waals surface area contributed by atoms with Crippen LogP contribution in [0.2, 0.25) is 0 Å². The van der Waals surface area contributed by atoms with Crippen molar-refractivity contribution in [2.45, 2.75) is 62.8 Å². The van der Waals surface area contributed by atoms with Gasteiger partial charge in [-0.05, 0) is 18.9 Å². The highest BCUT2D eigenvalue weighted by atomic mass is 32.2. The lowest BCUT2D eigenvalue weighted by molar-refractivity contribution is 0.424. The van der Waals surface area contributed by atoms with Crippen molar-refractivity contribution >= 4 is 23.5 Å². The third-order valence-corrected chi connectivity index (χ3v) is 6.77. The average Bonchev–Trinajstić information content (AvgIpc) is 2.21. The van der Waals surface area contributed by atoms with Crippen LogP contribution in [0, 0.1) is 5.92 Å². The van der Waals surface area contributed by atoms with E-state index in [1.807, 2.05) is 0 Å². The van der Waals surface area contributed by atoms with Crippen LogP contribution in [-0.4, -0.2) is 34.1 Å². The minimum Gasteiger partial charge on any atom is -0.313 e. The molecule has 1 saturated heterocycles. The van der Waals surface area contributed by atoms with Gasteiger partial charge in [-0.15, -0.1) is 0 Å². The van der Waals surface area contributed by atoms with Crippen molar-refractivity contribution in [1.29, 1.82) is 0 Å². The van der Waals surface area contributed by atoms with Crippen LogP contribution in [0.4, 0.5) is 0 Å². The Kier molecular flexibility index (Phi) is 6.60. The van der Waals surface area contributed by atoms with Crippen LogP contribution in [0.25, 0.3) is 0 Å². The van der Waals surface area contributed by atoms with E-state index in [1.54, 1.807) is 0 Å². The smallest absolute Gasteiger partial charge is 0.0294 e. The lowest BCUT2D eigenvalue weighted by atomic mass is 10.0. The molecule has 1 N–H and O–H groups in total. The van der Waals surface area contributed by atoms with Gasteiger partial charge in [-0.25, -0.2) is 0 Å². The van der Waals surface area contributed by atoms with Crippen LogP contribution >= 0.6 is 23.5 Å². The second-order valence-electron chi connectivity index (χ2n) is 5.21. The second kappa shape index (κ2) is 7.17. The summed E-state index contributed by atoms with van der Waals surface area (Å²) >= 11 is 4.36. The van der Waals surface area contributed by atoms with Gasteiger partial charge in [0.2, 0.25) is 0 Å². The second-order valence-corrected chi connectivity index (χ2v) is 8.24. The zero-order valence-corrected chi connectivity index (χ0v) is 13.0. The first-order chi connectivity index (χ1) is 7.54. The number of hydrogen-bond acceptors (Lipinski definition) is 3. The molecule has 0 bridgehead atoms. The fraction of sp³-hybridized carbons (Fsp3) is 1.00. The maximum Gasteiger partial charge on any atom is 0.0294 e. The van der Waals surface area contributed by atoms with Crippen LogP contribution in [0.3, 0.4) is 0 Å². The Morgan fingerprint density at radius 2 is 1.94 bits per heavy atom. The number of nitrogens with one attached hydrogen (secondary N) is 1. The van der Waals surface area contributed by atoms with E-state index >= 15 is 0 Å². The molecule has 0 aliphatic carbocycles. The molecule has 0 aromatic carbocycles. The Hall–Kier alpha value is 0.660. The predicted molar refractivity (Wildman–Crippen MR) is 79.7 cm³/mol. The monoisotopic (exact) mass is 261 g/mol. The molecule has 0 aromatic rings. The molecule has 4 atom stereocenters.